The summed E-state index contributed by atoms with van der Waals surface area (Å²) in [6.45, 7) is 5.07. The Hall–Kier alpha value is -4.90. The fourth-order valence-electron chi connectivity index (χ4n) is 4.89. The SMILES string of the molecule is CCOc1cc(C2C(=C(O)c3ccc4c(c3)OCCO4)C(=O)C(=O)N2c2nnc(C)s2)ccc1OCc1ccccc1. The Morgan fingerprint density at radius 2 is 1.76 bits per heavy atom. The summed E-state index contributed by atoms with van der Waals surface area (Å²) < 4.78 is 23.3. The Morgan fingerprint density at radius 3 is 2.50 bits per heavy atom. The first kappa shape index (κ1) is 27.3. The number of fused-ring (bicyclic) bond motifs is 1. The zero-order valence-electron chi connectivity index (χ0n) is 22.9. The van der Waals surface area contributed by atoms with Crippen molar-refractivity contribution >= 4 is 33.9 Å². The van der Waals surface area contributed by atoms with E-state index in [4.69, 9.17) is 18.9 Å². The van der Waals surface area contributed by atoms with Crippen molar-refractivity contribution in [3.63, 3.8) is 0 Å². The van der Waals surface area contributed by atoms with Gasteiger partial charge in [-0.2, -0.15) is 0 Å². The van der Waals surface area contributed by atoms with Gasteiger partial charge in [0.15, 0.2) is 23.0 Å². The summed E-state index contributed by atoms with van der Waals surface area (Å²) in [7, 11) is 0. The van der Waals surface area contributed by atoms with Gasteiger partial charge < -0.3 is 24.1 Å². The van der Waals surface area contributed by atoms with E-state index in [0.717, 1.165) is 5.56 Å². The molecule has 1 N–H and O–H groups in total. The minimum atomic E-state index is -1.01. The van der Waals surface area contributed by atoms with E-state index in [1.165, 1.54) is 16.2 Å². The minimum Gasteiger partial charge on any atom is -0.507 e. The molecular weight excluding hydrogens is 558 g/mol. The van der Waals surface area contributed by atoms with E-state index in [9.17, 15) is 14.7 Å². The van der Waals surface area contributed by atoms with E-state index >= 15 is 0 Å². The largest absolute Gasteiger partial charge is 0.507 e. The van der Waals surface area contributed by atoms with Crippen molar-refractivity contribution in [3.05, 3.63) is 94.0 Å². The second-order valence-electron chi connectivity index (χ2n) is 9.54. The number of amides is 1. The molecule has 11 heteroatoms. The number of ether oxygens (including phenoxy) is 4. The number of Topliss-reactive ketones (excluding diaryl/α,β-unsaturated/α-hetero) is 1. The molecule has 1 aromatic heterocycles. The molecule has 0 saturated carbocycles. The van der Waals surface area contributed by atoms with Crippen molar-refractivity contribution in [3.8, 4) is 23.0 Å². The van der Waals surface area contributed by atoms with Crippen LogP contribution in [0.3, 0.4) is 0 Å². The van der Waals surface area contributed by atoms with Crippen LogP contribution in [-0.2, 0) is 16.2 Å². The molecular formula is C31H27N3O7S. The van der Waals surface area contributed by atoms with Crippen LogP contribution in [0.4, 0.5) is 5.13 Å². The molecule has 3 heterocycles. The number of aromatic nitrogens is 2. The maximum Gasteiger partial charge on any atom is 0.301 e. The average Bonchev–Trinajstić information content (AvgIpc) is 3.56. The number of carbonyl (C=O) groups is 2. The van der Waals surface area contributed by atoms with Crippen LogP contribution in [-0.4, -0.2) is 46.8 Å². The average molecular weight is 586 g/mol. The number of hydrogen-bond acceptors (Lipinski definition) is 10. The summed E-state index contributed by atoms with van der Waals surface area (Å²) in [4.78, 5) is 28.3. The third-order valence-corrected chi connectivity index (χ3v) is 7.64. The van der Waals surface area contributed by atoms with Gasteiger partial charge >= 0.3 is 5.91 Å². The predicted octanol–water partition coefficient (Wildman–Crippen LogP) is 5.22. The monoisotopic (exact) mass is 585 g/mol. The molecule has 2 aliphatic rings. The van der Waals surface area contributed by atoms with E-state index in [1.807, 2.05) is 37.3 Å². The number of aliphatic hydroxyl groups is 1. The third-order valence-electron chi connectivity index (χ3n) is 6.80. The molecule has 214 valence electrons. The summed E-state index contributed by atoms with van der Waals surface area (Å²) >= 11 is 1.17. The highest BCUT2D eigenvalue weighted by Gasteiger charge is 2.48. The van der Waals surface area contributed by atoms with Crippen molar-refractivity contribution in [2.75, 3.05) is 24.7 Å². The van der Waals surface area contributed by atoms with Gasteiger partial charge in [-0.3, -0.25) is 14.5 Å². The highest BCUT2D eigenvalue weighted by Crippen LogP contribution is 2.45. The van der Waals surface area contributed by atoms with Crippen LogP contribution in [0.5, 0.6) is 23.0 Å². The number of anilines is 1. The van der Waals surface area contributed by atoms with Crippen LogP contribution >= 0.6 is 11.3 Å². The highest BCUT2D eigenvalue weighted by molar-refractivity contribution is 7.15. The lowest BCUT2D eigenvalue weighted by Gasteiger charge is -2.24. The molecule has 1 saturated heterocycles. The Bertz CT molecular complexity index is 1690. The van der Waals surface area contributed by atoms with E-state index < -0.39 is 17.7 Å². The Morgan fingerprint density at radius 1 is 0.976 bits per heavy atom. The number of rotatable bonds is 8. The van der Waals surface area contributed by atoms with Gasteiger partial charge in [0.05, 0.1) is 18.2 Å². The number of aliphatic hydroxyl groups excluding tert-OH is 1. The summed E-state index contributed by atoms with van der Waals surface area (Å²) in [5.41, 5.74) is 1.73. The normalized spacial score (nSPS) is 17.4. The van der Waals surface area contributed by atoms with Gasteiger partial charge in [0.1, 0.15) is 30.6 Å². The predicted molar refractivity (Wildman–Crippen MR) is 155 cm³/mol. The van der Waals surface area contributed by atoms with E-state index in [1.54, 1.807) is 43.3 Å². The van der Waals surface area contributed by atoms with E-state index in [-0.39, 0.29) is 16.5 Å². The Labute approximate surface area is 245 Å². The van der Waals surface area contributed by atoms with E-state index in [2.05, 4.69) is 10.2 Å². The van der Waals surface area contributed by atoms with Crippen LogP contribution in [0.25, 0.3) is 5.76 Å². The zero-order chi connectivity index (χ0) is 29.2. The first-order chi connectivity index (χ1) is 20.4. The molecule has 42 heavy (non-hydrogen) atoms. The van der Waals surface area contributed by atoms with Crippen LogP contribution in [0.15, 0.2) is 72.3 Å². The van der Waals surface area contributed by atoms with Crippen LogP contribution in [0.2, 0.25) is 0 Å². The van der Waals surface area contributed by atoms with Crippen LogP contribution < -0.4 is 23.8 Å². The number of ketones is 1. The molecule has 1 unspecified atom stereocenters. The topological polar surface area (TPSA) is 120 Å². The molecule has 0 aliphatic carbocycles. The molecule has 0 bridgehead atoms. The second-order valence-corrected chi connectivity index (χ2v) is 10.7. The van der Waals surface area contributed by atoms with Crippen molar-refractivity contribution in [1.82, 2.24) is 10.2 Å². The standard InChI is InChI=1S/C31H27N3O7S/c1-3-38-24-15-20(9-11-23(24)41-17-19-7-5-4-6-8-19)27-26(29(36)30(37)34(27)31-33-32-18(2)42-31)28(35)21-10-12-22-25(16-21)40-14-13-39-22/h4-12,15-16,27,35H,3,13-14,17H2,1-2H3. The summed E-state index contributed by atoms with van der Waals surface area (Å²) in [6.07, 6.45) is 0. The lowest BCUT2D eigenvalue weighted by Crippen LogP contribution is -2.29. The molecule has 1 fully saturated rings. The molecule has 4 aromatic rings. The summed E-state index contributed by atoms with van der Waals surface area (Å²) in [5, 5.41) is 20.6. The van der Waals surface area contributed by atoms with Gasteiger partial charge in [-0.05, 0) is 55.3 Å². The van der Waals surface area contributed by atoms with E-state index in [0.29, 0.717) is 65.6 Å². The fraction of sp³-hybridized carbons (Fsp3) is 0.226. The summed E-state index contributed by atoms with van der Waals surface area (Å²) in [6, 6.07) is 18.8. The van der Waals surface area contributed by atoms with Crippen LogP contribution in [0.1, 0.15) is 34.7 Å². The first-order valence-electron chi connectivity index (χ1n) is 13.4. The molecule has 2 aliphatic heterocycles. The van der Waals surface area contributed by atoms with Gasteiger partial charge in [-0.15, -0.1) is 10.2 Å². The van der Waals surface area contributed by atoms with Gasteiger partial charge in [0, 0.05) is 5.56 Å². The quantitative estimate of drug-likeness (QED) is 0.169. The maximum atomic E-state index is 13.6. The fourth-order valence-corrected chi connectivity index (χ4v) is 5.61. The third kappa shape index (κ3) is 5.14. The zero-order valence-corrected chi connectivity index (χ0v) is 23.7. The molecule has 1 amide bonds. The van der Waals surface area contributed by atoms with Crippen molar-refractivity contribution < 1.29 is 33.6 Å². The van der Waals surface area contributed by atoms with Gasteiger partial charge in [-0.1, -0.05) is 47.7 Å². The second kappa shape index (κ2) is 11.5. The number of carbonyl (C=O) groups excluding carboxylic acids is 2. The number of nitrogens with zero attached hydrogens (tertiary/aromatic N) is 3. The number of aryl methyl sites for hydroxylation is 1. The van der Waals surface area contributed by atoms with Crippen molar-refractivity contribution in [1.29, 1.82) is 0 Å². The molecule has 6 rings (SSSR count). The minimum absolute atomic E-state index is 0.0927. The molecule has 0 spiro atoms. The molecule has 0 radical (unpaired) electrons. The van der Waals surface area contributed by atoms with Crippen LogP contribution in [0, 0.1) is 6.92 Å². The lowest BCUT2D eigenvalue weighted by molar-refractivity contribution is -0.132. The lowest BCUT2D eigenvalue weighted by atomic mass is 9.95. The Balaban J connectivity index is 1.45. The number of benzene rings is 3. The van der Waals surface area contributed by atoms with Crippen molar-refractivity contribution in [2.24, 2.45) is 0 Å². The van der Waals surface area contributed by atoms with Crippen molar-refractivity contribution in [2.45, 2.75) is 26.5 Å². The van der Waals surface area contributed by atoms with Gasteiger partial charge in [0.25, 0.3) is 5.78 Å². The van der Waals surface area contributed by atoms with Gasteiger partial charge in [0.2, 0.25) is 5.13 Å². The maximum absolute atomic E-state index is 13.6. The molecule has 10 nitrogen and oxygen atoms in total. The smallest absolute Gasteiger partial charge is 0.301 e. The summed E-state index contributed by atoms with van der Waals surface area (Å²) in [5.74, 6) is -0.105. The first-order valence-corrected chi connectivity index (χ1v) is 14.2. The molecule has 1 atom stereocenters. The van der Waals surface area contributed by atoms with Gasteiger partial charge in [-0.25, -0.2) is 0 Å². The Kier molecular flexibility index (Phi) is 7.49. The molecule has 3 aromatic carbocycles. The highest BCUT2D eigenvalue weighted by atomic mass is 32.1. The number of hydrogen-bond donors (Lipinski definition) is 1.